The molecule has 2 nitrogen and oxygen atoms in total. The van der Waals surface area contributed by atoms with Gasteiger partial charge in [0.15, 0.2) is 0 Å². The van der Waals surface area contributed by atoms with Gasteiger partial charge in [0.1, 0.15) is 5.01 Å². The van der Waals surface area contributed by atoms with Gasteiger partial charge < -0.3 is 5.32 Å². The van der Waals surface area contributed by atoms with E-state index in [0.29, 0.717) is 0 Å². The van der Waals surface area contributed by atoms with Crippen molar-refractivity contribution in [2.75, 3.05) is 5.32 Å². The fourth-order valence-corrected chi connectivity index (χ4v) is 2.44. The molecule has 96 valence electrons. The highest BCUT2D eigenvalue weighted by atomic mass is 32.1. The number of rotatable bonds is 7. The molecular formula is C15H20N2S. The van der Waals surface area contributed by atoms with Crippen LogP contribution < -0.4 is 5.32 Å². The van der Waals surface area contributed by atoms with Gasteiger partial charge in [0.05, 0.1) is 6.54 Å². The molecule has 3 heteroatoms. The average molecular weight is 260 g/mol. The number of unbranched alkanes of at least 4 members (excludes halogenated alkanes) is 2. The molecule has 0 radical (unpaired) electrons. The Kier molecular flexibility index (Phi) is 5.21. The van der Waals surface area contributed by atoms with Crippen molar-refractivity contribution in [3.8, 4) is 0 Å². The quantitative estimate of drug-likeness (QED) is 0.742. The van der Waals surface area contributed by atoms with E-state index in [1.165, 1.54) is 36.9 Å². The van der Waals surface area contributed by atoms with Crippen molar-refractivity contribution < 1.29 is 0 Å². The van der Waals surface area contributed by atoms with Crippen molar-refractivity contribution in [1.82, 2.24) is 4.98 Å². The summed E-state index contributed by atoms with van der Waals surface area (Å²) in [6, 6.07) is 8.77. The molecule has 0 spiro atoms. The van der Waals surface area contributed by atoms with E-state index in [2.05, 4.69) is 41.5 Å². The molecule has 0 saturated carbocycles. The van der Waals surface area contributed by atoms with Gasteiger partial charge in [-0.25, -0.2) is 4.98 Å². The van der Waals surface area contributed by atoms with Crippen molar-refractivity contribution in [1.29, 1.82) is 0 Å². The Morgan fingerprint density at radius 2 is 2.00 bits per heavy atom. The van der Waals surface area contributed by atoms with Gasteiger partial charge in [-0.2, -0.15) is 0 Å². The van der Waals surface area contributed by atoms with E-state index in [1.807, 2.05) is 11.6 Å². The standard InChI is InChI=1S/C15H20N2S/c1-2-3-4-5-13-6-8-14(9-7-13)17-12-15-16-10-11-18-15/h6-11,17H,2-5,12H2,1H3. The molecule has 1 N–H and O–H groups in total. The SMILES string of the molecule is CCCCCc1ccc(NCc2nccs2)cc1. The topological polar surface area (TPSA) is 24.9 Å². The Bertz CT molecular complexity index is 434. The van der Waals surface area contributed by atoms with E-state index in [1.54, 1.807) is 11.3 Å². The molecule has 1 heterocycles. The lowest BCUT2D eigenvalue weighted by Crippen LogP contribution is -1.98. The molecule has 0 bridgehead atoms. The Labute approximate surface area is 113 Å². The van der Waals surface area contributed by atoms with Crippen molar-refractivity contribution in [3.05, 3.63) is 46.4 Å². The summed E-state index contributed by atoms with van der Waals surface area (Å²) < 4.78 is 0. The van der Waals surface area contributed by atoms with Crippen LogP contribution in [-0.4, -0.2) is 4.98 Å². The number of aromatic nitrogens is 1. The second-order valence-corrected chi connectivity index (χ2v) is 5.41. The summed E-state index contributed by atoms with van der Waals surface area (Å²) in [6.45, 7) is 3.05. The third-order valence-electron chi connectivity index (χ3n) is 2.95. The molecule has 2 rings (SSSR count). The zero-order valence-corrected chi connectivity index (χ0v) is 11.7. The smallest absolute Gasteiger partial charge is 0.112 e. The maximum Gasteiger partial charge on any atom is 0.112 e. The van der Waals surface area contributed by atoms with Crippen molar-refractivity contribution in [2.24, 2.45) is 0 Å². The maximum absolute atomic E-state index is 4.25. The van der Waals surface area contributed by atoms with Crippen LogP contribution in [0.4, 0.5) is 5.69 Å². The molecular weight excluding hydrogens is 240 g/mol. The Morgan fingerprint density at radius 1 is 1.17 bits per heavy atom. The van der Waals surface area contributed by atoms with Crippen molar-refractivity contribution >= 4 is 17.0 Å². The molecule has 1 aromatic carbocycles. The van der Waals surface area contributed by atoms with Crippen LogP contribution in [0.5, 0.6) is 0 Å². The highest BCUT2D eigenvalue weighted by Gasteiger charge is 1.97. The molecule has 2 aromatic rings. The third kappa shape index (κ3) is 4.15. The summed E-state index contributed by atoms with van der Waals surface area (Å²) in [5.74, 6) is 0. The molecule has 0 atom stereocenters. The number of hydrogen-bond acceptors (Lipinski definition) is 3. The molecule has 0 aliphatic heterocycles. The van der Waals surface area contributed by atoms with Crippen LogP contribution in [0.3, 0.4) is 0 Å². The van der Waals surface area contributed by atoms with E-state index in [4.69, 9.17) is 0 Å². The lowest BCUT2D eigenvalue weighted by molar-refractivity contribution is 0.717. The Balaban J connectivity index is 1.80. The van der Waals surface area contributed by atoms with Crippen molar-refractivity contribution in [2.45, 2.75) is 39.2 Å². The molecule has 0 amide bonds. The highest BCUT2D eigenvalue weighted by molar-refractivity contribution is 7.09. The number of nitrogens with one attached hydrogen (secondary N) is 1. The Morgan fingerprint density at radius 3 is 2.67 bits per heavy atom. The largest absolute Gasteiger partial charge is 0.379 e. The predicted molar refractivity (Wildman–Crippen MR) is 79.1 cm³/mol. The van der Waals surface area contributed by atoms with Gasteiger partial charge in [-0.1, -0.05) is 31.9 Å². The zero-order valence-electron chi connectivity index (χ0n) is 10.9. The summed E-state index contributed by atoms with van der Waals surface area (Å²) in [7, 11) is 0. The fraction of sp³-hybridized carbons (Fsp3) is 0.400. The Hall–Kier alpha value is -1.35. The minimum Gasteiger partial charge on any atom is -0.379 e. The first kappa shape index (κ1) is 13.1. The van der Waals surface area contributed by atoms with Crippen LogP contribution in [0.15, 0.2) is 35.8 Å². The normalized spacial score (nSPS) is 10.5. The number of hydrogen-bond donors (Lipinski definition) is 1. The van der Waals surface area contributed by atoms with Gasteiger partial charge in [-0.3, -0.25) is 0 Å². The lowest BCUT2D eigenvalue weighted by Gasteiger charge is -2.06. The maximum atomic E-state index is 4.25. The van der Waals surface area contributed by atoms with Crippen molar-refractivity contribution in [3.63, 3.8) is 0 Å². The molecule has 1 aromatic heterocycles. The van der Waals surface area contributed by atoms with Crippen LogP contribution in [0, 0.1) is 0 Å². The summed E-state index contributed by atoms with van der Waals surface area (Å²) in [5.41, 5.74) is 2.60. The minimum absolute atomic E-state index is 0.812. The molecule has 18 heavy (non-hydrogen) atoms. The van der Waals surface area contributed by atoms with Crippen LogP contribution >= 0.6 is 11.3 Å². The molecule has 0 fully saturated rings. The fourth-order valence-electron chi connectivity index (χ4n) is 1.89. The van der Waals surface area contributed by atoms with Gasteiger partial charge in [-0.05, 0) is 30.5 Å². The summed E-state index contributed by atoms with van der Waals surface area (Å²) in [6.07, 6.45) is 6.94. The molecule has 0 aliphatic rings. The van der Waals surface area contributed by atoms with E-state index in [-0.39, 0.29) is 0 Å². The zero-order chi connectivity index (χ0) is 12.6. The average Bonchev–Trinajstić information content (AvgIpc) is 2.91. The van der Waals surface area contributed by atoms with Crippen LogP contribution in [0.25, 0.3) is 0 Å². The van der Waals surface area contributed by atoms with E-state index >= 15 is 0 Å². The molecule has 0 aliphatic carbocycles. The lowest BCUT2D eigenvalue weighted by atomic mass is 10.1. The minimum atomic E-state index is 0.812. The second-order valence-electron chi connectivity index (χ2n) is 4.43. The first-order valence-corrected chi connectivity index (χ1v) is 7.47. The van der Waals surface area contributed by atoms with Crippen LogP contribution in [0.2, 0.25) is 0 Å². The van der Waals surface area contributed by atoms with Gasteiger partial charge in [-0.15, -0.1) is 11.3 Å². The number of aryl methyl sites for hydroxylation is 1. The van der Waals surface area contributed by atoms with Gasteiger partial charge in [0, 0.05) is 17.3 Å². The predicted octanol–water partition coefficient (Wildman–Crippen LogP) is 4.49. The number of thiazole rings is 1. The van der Waals surface area contributed by atoms with Gasteiger partial charge >= 0.3 is 0 Å². The van der Waals surface area contributed by atoms with Crippen LogP contribution in [0.1, 0.15) is 36.8 Å². The van der Waals surface area contributed by atoms with Gasteiger partial charge in [0.25, 0.3) is 0 Å². The first-order chi connectivity index (χ1) is 8.88. The number of nitrogens with zero attached hydrogens (tertiary/aromatic N) is 1. The highest BCUT2D eigenvalue weighted by Crippen LogP contribution is 2.14. The third-order valence-corrected chi connectivity index (χ3v) is 3.73. The van der Waals surface area contributed by atoms with E-state index in [9.17, 15) is 0 Å². The van der Waals surface area contributed by atoms with E-state index < -0.39 is 0 Å². The molecule has 0 saturated heterocycles. The summed E-state index contributed by atoms with van der Waals surface area (Å²) in [4.78, 5) is 4.25. The number of anilines is 1. The first-order valence-electron chi connectivity index (χ1n) is 6.59. The van der Waals surface area contributed by atoms with Gasteiger partial charge in [0.2, 0.25) is 0 Å². The second kappa shape index (κ2) is 7.17. The van der Waals surface area contributed by atoms with E-state index in [0.717, 1.165) is 11.6 Å². The summed E-state index contributed by atoms with van der Waals surface area (Å²) in [5, 5.41) is 6.52. The van der Waals surface area contributed by atoms with Crippen LogP contribution in [-0.2, 0) is 13.0 Å². The summed E-state index contributed by atoms with van der Waals surface area (Å²) >= 11 is 1.69. The molecule has 0 unspecified atom stereocenters. The monoisotopic (exact) mass is 260 g/mol. The number of benzene rings is 1.